The van der Waals surface area contributed by atoms with E-state index in [9.17, 15) is 4.79 Å². The molecule has 0 fully saturated rings. The smallest absolute Gasteiger partial charge is 0.339 e. The number of benzene rings is 1. The lowest BCUT2D eigenvalue weighted by Gasteiger charge is -2.08. The highest BCUT2D eigenvalue weighted by Gasteiger charge is 2.12. The van der Waals surface area contributed by atoms with Crippen molar-refractivity contribution in [2.45, 2.75) is 26.4 Å². The highest BCUT2D eigenvalue weighted by Crippen LogP contribution is 2.25. The average molecular weight is 356 g/mol. The van der Waals surface area contributed by atoms with Gasteiger partial charge in [-0.25, -0.2) is 9.78 Å². The number of hydrogen-bond acceptors (Lipinski definition) is 4. The Balaban J connectivity index is 2.09. The molecule has 1 aromatic carbocycles. The molecule has 106 valence electrons. The molecule has 1 N–H and O–H groups in total. The normalized spacial score (nSPS) is 10.5. The Morgan fingerprint density at radius 2 is 2.30 bits per heavy atom. The first kappa shape index (κ1) is 15.0. The summed E-state index contributed by atoms with van der Waals surface area (Å²) < 4.78 is 6.37. The fraction of sp³-hybridized carbons (Fsp3) is 0.286. The predicted octanol–water partition coefficient (Wildman–Crippen LogP) is 4.14. The van der Waals surface area contributed by atoms with Crippen LogP contribution in [0.3, 0.4) is 0 Å². The molecule has 0 aliphatic rings. The molecule has 0 aliphatic carbocycles. The topological polar surface area (TPSA) is 59.4 Å². The van der Waals surface area contributed by atoms with E-state index in [2.05, 4.69) is 27.8 Å². The van der Waals surface area contributed by atoms with Crippen LogP contribution in [0.1, 0.15) is 34.4 Å². The molecule has 0 amide bonds. The summed E-state index contributed by atoms with van der Waals surface area (Å²) in [6.45, 7) is 2.38. The van der Waals surface area contributed by atoms with Crippen LogP contribution in [-0.2, 0) is 13.0 Å². The quantitative estimate of drug-likeness (QED) is 0.845. The second kappa shape index (κ2) is 6.85. The minimum atomic E-state index is -1.00. The van der Waals surface area contributed by atoms with Crippen LogP contribution in [0.4, 0.5) is 0 Å². The van der Waals surface area contributed by atoms with Gasteiger partial charge < -0.3 is 9.84 Å². The summed E-state index contributed by atoms with van der Waals surface area (Å²) in [4.78, 5) is 15.6. The predicted molar refractivity (Wildman–Crippen MR) is 81.5 cm³/mol. The van der Waals surface area contributed by atoms with E-state index in [4.69, 9.17) is 9.84 Å². The lowest BCUT2D eigenvalue weighted by atomic mass is 10.2. The molecule has 4 nitrogen and oxygen atoms in total. The minimum absolute atomic E-state index is 0.150. The molecule has 0 unspecified atom stereocenters. The van der Waals surface area contributed by atoms with Crippen LogP contribution in [0.15, 0.2) is 28.1 Å². The van der Waals surface area contributed by atoms with Crippen molar-refractivity contribution in [3.63, 3.8) is 0 Å². The number of thiazole rings is 1. The molecule has 0 aliphatic heterocycles. The fourth-order valence-electron chi connectivity index (χ4n) is 1.69. The summed E-state index contributed by atoms with van der Waals surface area (Å²) in [5.41, 5.74) is 0.979. The highest BCUT2D eigenvalue weighted by atomic mass is 79.9. The number of carboxylic acids is 1. The molecule has 0 spiro atoms. The van der Waals surface area contributed by atoms with Gasteiger partial charge in [0.1, 0.15) is 17.9 Å². The van der Waals surface area contributed by atoms with Gasteiger partial charge in [-0.3, -0.25) is 0 Å². The van der Waals surface area contributed by atoms with Gasteiger partial charge in [-0.2, -0.15) is 0 Å². The largest absolute Gasteiger partial charge is 0.486 e. The standard InChI is InChI=1S/C14H14BrNO3S/c1-2-3-13-16-10(8-20-13)7-19-12-6-9(15)4-5-11(12)14(17)18/h4-6,8H,2-3,7H2,1H3,(H,17,18). The molecule has 1 aromatic heterocycles. The van der Waals surface area contributed by atoms with Crippen molar-refractivity contribution in [3.05, 3.63) is 44.3 Å². The molecule has 2 rings (SSSR count). The van der Waals surface area contributed by atoms with Crippen LogP contribution in [0.25, 0.3) is 0 Å². The van der Waals surface area contributed by atoms with E-state index in [1.165, 1.54) is 6.07 Å². The number of aryl methyl sites for hydroxylation is 1. The molecule has 0 saturated carbocycles. The van der Waals surface area contributed by atoms with Crippen molar-refractivity contribution in [1.82, 2.24) is 4.98 Å². The van der Waals surface area contributed by atoms with Gasteiger partial charge in [0, 0.05) is 9.85 Å². The highest BCUT2D eigenvalue weighted by molar-refractivity contribution is 9.10. The number of hydrogen-bond donors (Lipinski definition) is 1. The van der Waals surface area contributed by atoms with Crippen LogP contribution >= 0.6 is 27.3 Å². The lowest BCUT2D eigenvalue weighted by molar-refractivity contribution is 0.0691. The van der Waals surface area contributed by atoms with Crippen molar-refractivity contribution in [1.29, 1.82) is 0 Å². The molecular weight excluding hydrogens is 342 g/mol. The lowest BCUT2D eigenvalue weighted by Crippen LogP contribution is -2.03. The number of carboxylic acid groups (broad SMARTS) is 1. The second-order valence-electron chi connectivity index (χ2n) is 4.22. The third kappa shape index (κ3) is 3.80. The van der Waals surface area contributed by atoms with Crippen molar-refractivity contribution in [2.24, 2.45) is 0 Å². The maximum Gasteiger partial charge on any atom is 0.339 e. The van der Waals surface area contributed by atoms with Gasteiger partial charge in [0.2, 0.25) is 0 Å². The van der Waals surface area contributed by atoms with E-state index >= 15 is 0 Å². The van der Waals surface area contributed by atoms with Gasteiger partial charge in [0.05, 0.1) is 10.7 Å². The molecule has 0 atom stereocenters. The summed E-state index contributed by atoms with van der Waals surface area (Å²) in [5.74, 6) is -0.658. The number of carbonyl (C=O) groups is 1. The Morgan fingerprint density at radius 1 is 1.50 bits per heavy atom. The van der Waals surface area contributed by atoms with Gasteiger partial charge in [-0.1, -0.05) is 22.9 Å². The van der Waals surface area contributed by atoms with E-state index in [0.29, 0.717) is 5.75 Å². The van der Waals surface area contributed by atoms with Gasteiger partial charge in [0.15, 0.2) is 0 Å². The molecular formula is C14H14BrNO3S. The zero-order chi connectivity index (χ0) is 14.5. The number of rotatable bonds is 6. The number of nitrogens with zero attached hydrogens (tertiary/aromatic N) is 1. The van der Waals surface area contributed by atoms with E-state index in [1.54, 1.807) is 23.5 Å². The molecule has 6 heteroatoms. The molecule has 2 aromatic rings. The Hall–Kier alpha value is -1.40. The zero-order valence-electron chi connectivity index (χ0n) is 10.9. The number of ether oxygens (including phenoxy) is 1. The van der Waals surface area contributed by atoms with Gasteiger partial charge >= 0.3 is 5.97 Å². The molecule has 0 radical (unpaired) electrons. The third-order valence-corrected chi connectivity index (χ3v) is 4.06. The minimum Gasteiger partial charge on any atom is -0.486 e. The Kier molecular flexibility index (Phi) is 5.14. The van der Waals surface area contributed by atoms with Crippen molar-refractivity contribution < 1.29 is 14.6 Å². The van der Waals surface area contributed by atoms with Crippen LogP contribution in [0, 0.1) is 0 Å². The SMILES string of the molecule is CCCc1nc(COc2cc(Br)ccc2C(=O)O)cs1. The van der Waals surface area contributed by atoms with Gasteiger partial charge in [-0.15, -0.1) is 11.3 Å². The summed E-state index contributed by atoms with van der Waals surface area (Å²) in [5, 5.41) is 12.1. The number of aromatic carboxylic acids is 1. The second-order valence-corrected chi connectivity index (χ2v) is 6.08. The maximum atomic E-state index is 11.1. The van der Waals surface area contributed by atoms with Crippen LogP contribution in [0.2, 0.25) is 0 Å². The molecule has 20 heavy (non-hydrogen) atoms. The van der Waals surface area contributed by atoms with Crippen LogP contribution in [-0.4, -0.2) is 16.1 Å². The van der Waals surface area contributed by atoms with Crippen molar-refractivity contribution in [3.8, 4) is 5.75 Å². The molecule has 0 bridgehead atoms. The number of halogens is 1. The fourth-order valence-corrected chi connectivity index (χ4v) is 2.91. The summed E-state index contributed by atoms with van der Waals surface area (Å²) >= 11 is 4.92. The van der Waals surface area contributed by atoms with Crippen LogP contribution < -0.4 is 4.74 Å². The Labute approximate surface area is 129 Å². The first-order valence-corrected chi connectivity index (χ1v) is 7.86. The first-order valence-electron chi connectivity index (χ1n) is 6.19. The average Bonchev–Trinajstić information content (AvgIpc) is 2.84. The van der Waals surface area contributed by atoms with Crippen molar-refractivity contribution >= 4 is 33.2 Å². The molecule has 1 heterocycles. The van der Waals surface area contributed by atoms with E-state index in [1.807, 2.05) is 5.38 Å². The van der Waals surface area contributed by atoms with Crippen LogP contribution in [0.5, 0.6) is 5.75 Å². The molecule has 0 saturated heterocycles. The Morgan fingerprint density at radius 3 is 3.00 bits per heavy atom. The third-order valence-electron chi connectivity index (χ3n) is 2.61. The summed E-state index contributed by atoms with van der Waals surface area (Å²) in [6.07, 6.45) is 2.02. The van der Waals surface area contributed by atoms with Gasteiger partial charge in [0.25, 0.3) is 0 Å². The van der Waals surface area contributed by atoms with Gasteiger partial charge in [-0.05, 0) is 31.0 Å². The monoisotopic (exact) mass is 355 g/mol. The van der Waals surface area contributed by atoms with E-state index in [-0.39, 0.29) is 12.2 Å². The van der Waals surface area contributed by atoms with E-state index < -0.39 is 5.97 Å². The summed E-state index contributed by atoms with van der Waals surface area (Å²) in [7, 11) is 0. The zero-order valence-corrected chi connectivity index (χ0v) is 13.3. The van der Waals surface area contributed by atoms with E-state index in [0.717, 1.165) is 28.0 Å². The first-order chi connectivity index (χ1) is 9.60. The maximum absolute atomic E-state index is 11.1. The van der Waals surface area contributed by atoms with Crippen molar-refractivity contribution in [2.75, 3.05) is 0 Å². The number of aromatic nitrogens is 1. The Bertz CT molecular complexity index is 612. The summed E-state index contributed by atoms with van der Waals surface area (Å²) in [6, 6.07) is 4.85.